The van der Waals surface area contributed by atoms with E-state index in [1.807, 2.05) is 24.3 Å². The number of methoxy groups -OCH3 is 1. The van der Waals surface area contributed by atoms with E-state index in [0.717, 1.165) is 33.4 Å². The number of hydrogen-bond donors (Lipinski definition) is 0. The first-order valence-corrected chi connectivity index (χ1v) is 6.85. The van der Waals surface area contributed by atoms with Gasteiger partial charge in [-0.3, -0.25) is 0 Å². The minimum atomic E-state index is 0.788. The Labute approximate surface area is 120 Å². The van der Waals surface area contributed by atoms with Crippen molar-refractivity contribution in [2.24, 2.45) is 0 Å². The van der Waals surface area contributed by atoms with Crippen molar-refractivity contribution in [1.29, 1.82) is 0 Å². The van der Waals surface area contributed by atoms with E-state index in [2.05, 4.69) is 40.2 Å². The first kappa shape index (κ1) is 12.3. The zero-order chi connectivity index (χ0) is 13.2. The standard InChI is InChI=1S/C16H13BrO2/c1-18-14-5-2-11(3-6-14)8-15-10-12-9-13(17)4-7-16(12)19-15/h2-7,9-10H,8H2,1H3. The third-order valence-electron chi connectivity index (χ3n) is 3.07. The summed E-state index contributed by atoms with van der Waals surface area (Å²) in [5.74, 6) is 1.84. The molecule has 0 unspecified atom stereocenters. The van der Waals surface area contributed by atoms with Crippen LogP contribution in [0.3, 0.4) is 0 Å². The Morgan fingerprint density at radius 1 is 1.05 bits per heavy atom. The molecule has 0 spiro atoms. The van der Waals surface area contributed by atoms with Gasteiger partial charge in [-0.25, -0.2) is 0 Å². The molecule has 0 atom stereocenters. The van der Waals surface area contributed by atoms with Crippen LogP contribution in [0.15, 0.2) is 57.4 Å². The summed E-state index contributed by atoms with van der Waals surface area (Å²) in [7, 11) is 1.67. The van der Waals surface area contributed by atoms with Gasteiger partial charge >= 0.3 is 0 Å². The number of halogens is 1. The summed E-state index contributed by atoms with van der Waals surface area (Å²) >= 11 is 3.47. The Kier molecular flexibility index (Phi) is 3.30. The molecular formula is C16H13BrO2. The molecule has 0 amide bonds. The highest BCUT2D eigenvalue weighted by Gasteiger charge is 2.05. The molecule has 0 saturated carbocycles. The number of fused-ring (bicyclic) bond motifs is 1. The first-order valence-electron chi connectivity index (χ1n) is 6.05. The summed E-state index contributed by atoms with van der Waals surface area (Å²) in [6, 6.07) is 16.2. The number of furan rings is 1. The van der Waals surface area contributed by atoms with Gasteiger partial charge in [-0.05, 0) is 42.0 Å². The second kappa shape index (κ2) is 5.10. The van der Waals surface area contributed by atoms with E-state index in [0.29, 0.717) is 0 Å². The van der Waals surface area contributed by atoms with Gasteiger partial charge in [-0.1, -0.05) is 28.1 Å². The van der Waals surface area contributed by atoms with E-state index in [4.69, 9.17) is 9.15 Å². The van der Waals surface area contributed by atoms with Gasteiger partial charge in [0.2, 0.25) is 0 Å². The Morgan fingerprint density at radius 2 is 1.84 bits per heavy atom. The first-order chi connectivity index (χ1) is 9.24. The van der Waals surface area contributed by atoms with Crippen molar-refractivity contribution in [2.45, 2.75) is 6.42 Å². The van der Waals surface area contributed by atoms with E-state index >= 15 is 0 Å². The summed E-state index contributed by atoms with van der Waals surface area (Å²) in [6.45, 7) is 0. The molecule has 96 valence electrons. The van der Waals surface area contributed by atoms with Crippen molar-refractivity contribution in [1.82, 2.24) is 0 Å². The molecule has 1 aromatic heterocycles. The summed E-state index contributed by atoms with van der Waals surface area (Å²) in [5, 5.41) is 1.12. The summed E-state index contributed by atoms with van der Waals surface area (Å²) < 4.78 is 12.0. The SMILES string of the molecule is COc1ccc(Cc2cc3cc(Br)ccc3o2)cc1. The smallest absolute Gasteiger partial charge is 0.134 e. The van der Waals surface area contributed by atoms with E-state index in [9.17, 15) is 0 Å². The van der Waals surface area contributed by atoms with E-state index in [1.165, 1.54) is 5.56 Å². The fourth-order valence-electron chi connectivity index (χ4n) is 2.10. The third-order valence-corrected chi connectivity index (χ3v) is 3.56. The van der Waals surface area contributed by atoms with Crippen LogP contribution in [-0.4, -0.2) is 7.11 Å². The minimum Gasteiger partial charge on any atom is -0.497 e. The molecule has 1 heterocycles. The molecule has 0 N–H and O–H groups in total. The maximum atomic E-state index is 5.83. The number of benzene rings is 2. The predicted molar refractivity (Wildman–Crippen MR) is 79.7 cm³/mol. The number of ether oxygens (including phenoxy) is 1. The molecular weight excluding hydrogens is 304 g/mol. The van der Waals surface area contributed by atoms with Gasteiger partial charge in [0.15, 0.2) is 0 Å². The lowest BCUT2D eigenvalue weighted by Gasteiger charge is -2.01. The topological polar surface area (TPSA) is 22.4 Å². The van der Waals surface area contributed by atoms with Crippen LogP contribution in [0.25, 0.3) is 11.0 Å². The van der Waals surface area contributed by atoms with Crippen molar-refractivity contribution in [3.63, 3.8) is 0 Å². The normalized spacial score (nSPS) is 10.8. The van der Waals surface area contributed by atoms with Crippen LogP contribution in [0, 0.1) is 0 Å². The van der Waals surface area contributed by atoms with Crippen molar-refractivity contribution in [3.8, 4) is 5.75 Å². The Morgan fingerprint density at radius 3 is 2.58 bits per heavy atom. The molecule has 2 nitrogen and oxygen atoms in total. The zero-order valence-electron chi connectivity index (χ0n) is 10.5. The van der Waals surface area contributed by atoms with Crippen molar-refractivity contribution in [3.05, 3.63) is 64.3 Å². The van der Waals surface area contributed by atoms with Gasteiger partial charge in [0.05, 0.1) is 7.11 Å². The second-order valence-electron chi connectivity index (χ2n) is 4.42. The fourth-order valence-corrected chi connectivity index (χ4v) is 2.48. The van der Waals surface area contributed by atoms with Crippen LogP contribution in [0.1, 0.15) is 11.3 Å². The molecule has 0 aliphatic heterocycles. The van der Waals surface area contributed by atoms with Crippen molar-refractivity contribution < 1.29 is 9.15 Å². The molecule has 0 saturated heterocycles. The molecule has 3 rings (SSSR count). The molecule has 0 aliphatic carbocycles. The third kappa shape index (κ3) is 2.66. The van der Waals surface area contributed by atoms with E-state index in [1.54, 1.807) is 7.11 Å². The van der Waals surface area contributed by atoms with Crippen LogP contribution in [-0.2, 0) is 6.42 Å². The number of hydrogen-bond acceptors (Lipinski definition) is 2. The maximum absolute atomic E-state index is 5.83. The molecule has 3 heteroatoms. The Balaban J connectivity index is 1.87. The lowest BCUT2D eigenvalue weighted by atomic mass is 10.1. The summed E-state index contributed by atoms with van der Waals surface area (Å²) in [4.78, 5) is 0. The minimum absolute atomic E-state index is 0.788. The van der Waals surface area contributed by atoms with E-state index in [-0.39, 0.29) is 0 Å². The largest absolute Gasteiger partial charge is 0.497 e. The lowest BCUT2D eigenvalue weighted by molar-refractivity contribution is 0.414. The lowest BCUT2D eigenvalue weighted by Crippen LogP contribution is -1.87. The van der Waals surface area contributed by atoms with Crippen LogP contribution in [0.5, 0.6) is 5.75 Å². The molecule has 0 bridgehead atoms. The molecule has 2 aromatic carbocycles. The second-order valence-corrected chi connectivity index (χ2v) is 5.34. The molecule has 0 aliphatic rings. The van der Waals surface area contributed by atoms with Gasteiger partial charge in [-0.15, -0.1) is 0 Å². The molecule has 0 fully saturated rings. The van der Waals surface area contributed by atoms with E-state index < -0.39 is 0 Å². The Hall–Kier alpha value is -1.74. The summed E-state index contributed by atoms with van der Waals surface area (Å²) in [6.07, 6.45) is 0.788. The maximum Gasteiger partial charge on any atom is 0.134 e. The fraction of sp³-hybridized carbons (Fsp3) is 0.125. The highest BCUT2D eigenvalue weighted by atomic mass is 79.9. The molecule has 3 aromatic rings. The van der Waals surface area contributed by atoms with Crippen molar-refractivity contribution in [2.75, 3.05) is 7.11 Å². The van der Waals surface area contributed by atoms with Gasteiger partial charge < -0.3 is 9.15 Å². The van der Waals surface area contributed by atoms with Gasteiger partial charge in [0.1, 0.15) is 17.1 Å². The zero-order valence-corrected chi connectivity index (χ0v) is 12.1. The Bertz CT molecular complexity index is 698. The monoisotopic (exact) mass is 316 g/mol. The van der Waals surface area contributed by atoms with Crippen LogP contribution < -0.4 is 4.74 Å². The highest BCUT2D eigenvalue weighted by Crippen LogP contribution is 2.25. The van der Waals surface area contributed by atoms with Gasteiger partial charge in [0, 0.05) is 16.3 Å². The average molecular weight is 317 g/mol. The summed E-state index contributed by atoms with van der Waals surface area (Å²) in [5.41, 5.74) is 2.13. The predicted octanol–water partition coefficient (Wildman–Crippen LogP) is 4.79. The molecule has 19 heavy (non-hydrogen) atoms. The number of rotatable bonds is 3. The van der Waals surface area contributed by atoms with Gasteiger partial charge in [-0.2, -0.15) is 0 Å². The quantitative estimate of drug-likeness (QED) is 0.693. The van der Waals surface area contributed by atoms with Gasteiger partial charge in [0.25, 0.3) is 0 Å². The average Bonchev–Trinajstić information content (AvgIpc) is 2.81. The molecule has 0 radical (unpaired) electrons. The highest BCUT2D eigenvalue weighted by molar-refractivity contribution is 9.10. The van der Waals surface area contributed by atoms with Crippen LogP contribution in [0.2, 0.25) is 0 Å². The van der Waals surface area contributed by atoms with Crippen molar-refractivity contribution >= 4 is 26.9 Å². The van der Waals surface area contributed by atoms with Crippen LogP contribution in [0.4, 0.5) is 0 Å². The van der Waals surface area contributed by atoms with Crippen LogP contribution >= 0.6 is 15.9 Å².